The van der Waals surface area contributed by atoms with E-state index in [2.05, 4.69) is 18.0 Å². The normalized spacial score (nSPS) is 13.7. The van der Waals surface area contributed by atoms with Crippen LogP contribution in [0.4, 0.5) is 0 Å². The van der Waals surface area contributed by atoms with Crippen LogP contribution < -0.4 is 0 Å². The molecule has 0 aromatic carbocycles. The van der Waals surface area contributed by atoms with Crippen LogP contribution >= 0.6 is 0 Å². The standard InChI is InChI=1S/C13H28O4S/c1-3-5-7-9-11-13(10-8-6-4-2)12-17-18(14,15)16/h13H,3-12H2,1-2H3,(H,14,15,16). The van der Waals surface area contributed by atoms with Gasteiger partial charge in [0.05, 0.1) is 6.61 Å². The first-order chi connectivity index (χ1) is 8.49. The highest BCUT2D eigenvalue weighted by Crippen LogP contribution is 2.19. The van der Waals surface area contributed by atoms with Crippen LogP contribution in [-0.2, 0) is 14.6 Å². The third-order valence-corrected chi connectivity index (χ3v) is 3.57. The molecule has 0 fully saturated rings. The zero-order valence-electron chi connectivity index (χ0n) is 11.7. The summed E-state index contributed by atoms with van der Waals surface area (Å²) in [4.78, 5) is 0. The Morgan fingerprint density at radius 2 is 1.44 bits per heavy atom. The largest absolute Gasteiger partial charge is 0.397 e. The van der Waals surface area contributed by atoms with Gasteiger partial charge in [-0.2, -0.15) is 8.42 Å². The van der Waals surface area contributed by atoms with Gasteiger partial charge in [0.1, 0.15) is 0 Å². The molecule has 0 rings (SSSR count). The van der Waals surface area contributed by atoms with Crippen molar-refractivity contribution in [3.8, 4) is 0 Å². The van der Waals surface area contributed by atoms with Gasteiger partial charge in [-0.15, -0.1) is 0 Å². The van der Waals surface area contributed by atoms with Gasteiger partial charge >= 0.3 is 10.4 Å². The Kier molecular flexibility index (Phi) is 10.7. The van der Waals surface area contributed by atoms with E-state index in [1.54, 1.807) is 0 Å². The van der Waals surface area contributed by atoms with E-state index in [9.17, 15) is 8.42 Å². The molecular weight excluding hydrogens is 252 g/mol. The molecule has 0 heterocycles. The predicted molar refractivity (Wildman–Crippen MR) is 73.9 cm³/mol. The summed E-state index contributed by atoms with van der Waals surface area (Å²) in [6.45, 7) is 4.43. The minimum absolute atomic E-state index is 0.120. The molecule has 0 aliphatic heterocycles. The van der Waals surface area contributed by atoms with Crippen LogP contribution in [0.2, 0.25) is 0 Å². The third kappa shape index (κ3) is 12.3. The molecule has 0 aromatic rings. The van der Waals surface area contributed by atoms with Crippen LogP contribution in [0.1, 0.15) is 71.6 Å². The average molecular weight is 280 g/mol. The van der Waals surface area contributed by atoms with E-state index >= 15 is 0 Å². The highest BCUT2D eigenvalue weighted by atomic mass is 32.3. The molecule has 0 aliphatic rings. The number of hydrogen-bond acceptors (Lipinski definition) is 3. The first-order valence-corrected chi connectivity index (χ1v) is 8.48. The molecule has 0 spiro atoms. The molecule has 1 N–H and O–H groups in total. The van der Waals surface area contributed by atoms with Gasteiger partial charge < -0.3 is 0 Å². The minimum Gasteiger partial charge on any atom is -0.264 e. The lowest BCUT2D eigenvalue weighted by atomic mass is 9.95. The molecular formula is C13H28O4S. The summed E-state index contributed by atoms with van der Waals surface area (Å²) in [5.41, 5.74) is 0. The Morgan fingerprint density at radius 3 is 1.94 bits per heavy atom. The lowest BCUT2D eigenvalue weighted by molar-refractivity contribution is 0.204. The third-order valence-electron chi connectivity index (χ3n) is 3.13. The summed E-state index contributed by atoms with van der Waals surface area (Å²) in [7, 11) is -4.29. The van der Waals surface area contributed by atoms with Gasteiger partial charge in [-0.3, -0.25) is 4.55 Å². The minimum atomic E-state index is -4.29. The number of unbranched alkanes of at least 4 members (excludes halogenated alkanes) is 5. The van der Waals surface area contributed by atoms with Crippen molar-refractivity contribution in [2.24, 2.45) is 5.92 Å². The van der Waals surface area contributed by atoms with E-state index in [4.69, 9.17) is 4.55 Å². The summed E-state index contributed by atoms with van der Waals surface area (Å²) >= 11 is 0. The molecule has 0 bridgehead atoms. The van der Waals surface area contributed by atoms with Crippen LogP contribution in [0.5, 0.6) is 0 Å². The molecule has 1 unspecified atom stereocenters. The van der Waals surface area contributed by atoms with Gasteiger partial charge in [-0.1, -0.05) is 58.8 Å². The van der Waals surface area contributed by atoms with E-state index in [1.807, 2.05) is 0 Å². The van der Waals surface area contributed by atoms with Gasteiger partial charge in [0.2, 0.25) is 0 Å². The SMILES string of the molecule is CCCCCCC(CCCCC)COS(=O)(=O)O. The van der Waals surface area contributed by atoms with Crippen molar-refractivity contribution in [3.05, 3.63) is 0 Å². The first kappa shape index (κ1) is 17.9. The van der Waals surface area contributed by atoms with E-state index in [1.165, 1.54) is 19.3 Å². The summed E-state index contributed by atoms with van der Waals surface area (Å²) in [5.74, 6) is 0.246. The second-order valence-electron chi connectivity index (χ2n) is 4.92. The fourth-order valence-corrected chi connectivity index (χ4v) is 2.40. The average Bonchev–Trinajstić information content (AvgIpc) is 2.29. The molecule has 1 atom stereocenters. The molecule has 0 aliphatic carbocycles. The zero-order valence-corrected chi connectivity index (χ0v) is 12.5. The van der Waals surface area contributed by atoms with Gasteiger partial charge in [0, 0.05) is 0 Å². The van der Waals surface area contributed by atoms with Crippen LogP contribution in [0.3, 0.4) is 0 Å². The van der Waals surface area contributed by atoms with Crippen molar-refractivity contribution in [1.82, 2.24) is 0 Å². The molecule has 5 heteroatoms. The topological polar surface area (TPSA) is 63.6 Å². The molecule has 110 valence electrons. The summed E-state index contributed by atoms with van der Waals surface area (Å²) in [6.07, 6.45) is 10.1. The molecule has 18 heavy (non-hydrogen) atoms. The fraction of sp³-hybridized carbons (Fsp3) is 1.00. The highest BCUT2D eigenvalue weighted by Gasteiger charge is 2.13. The van der Waals surface area contributed by atoms with Gasteiger partial charge in [0.25, 0.3) is 0 Å². The lowest BCUT2D eigenvalue weighted by Crippen LogP contribution is -2.14. The maximum Gasteiger partial charge on any atom is 0.397 e. The summed E-state index contributed by atoms with van der Waals surface area (Å²) < 4.78 is 34.3. The van der Waals surface area contributed by atoms with E-state index in [-0.39, 0.29) is 12.5 Å². The Morgan fingerprint density at radius 1 is 0.944 bits per heavy atom. The molecule has 0 radical (unpaired) electrons. The monoisotopic (exact) mass is 280 g/mol. The van der Waals surface area contributed by atoms with Crippen molar-refractivity contribution in [2.75, 3.05) is 6.61 Å². The quantitative estimate of drug-likeness (QED) is 0.434. The molecule has 4 nitrogen and oxygen atoms in total. The van der Waals surface area contributed by atoms with E-state index in [0.29, 0.717) is 0 Å². The molecule has 0 saturated heterocycles. The van der Waals surface area contributed by atoms with Crippen molar-refractivity contribution in [1.29, 1.82) is 0 Å². The second-order valence-corrected chi connectivity index (χ2v) is 6.01. The molecule has 0 saturated carbocycles. The van der Waals surface area contributed by atoms with Crippen molar-refractivity contribution in [2.45, 2.75) is 71.6 Å². The maximum atomic E-state index is 10.6. The van der Waals surface area contributed by atoms with Gasteiger partial charge in [-0.05, 0) is 18.8 Å². The Bertz CT molecular complexity index is 275. The predicted octanol–water partition coefficient (Wildman–Crippen LogP) is 3.97. The second kappa shape index (κ2) is 10.8. The van der Waals surface area contributed by atoms with E-state index < -0.39 is 10.4 Å². The zero-order chi connectivity index (χ0) is 13.9. The first-order valence-electron chi connectivity index (χ1n) is 7.11. The Balaban J connectivity index is 3.91. The number of hydrogen-bond donors (Lipinski definition) is 1. The lowest BCUT2D eigenvalue weighted by Gasteiger charge is -2.15. The highest BCUT2D eigenvalue weighted by molar-refractivity contribution is 7.80. The maximum absolute atomic E-state index is 10.6. The number of rotatable bonds is 12. The van der Waals surface area contributed by atoms with Crippen LogP contribution in [0.25, 0.3) is 0 Å². The fourth-order valence-electron chi connectivity index (χ4n) is 2.04. The van der Waals surface area contributed by atoms with Crippen molar-refractivity contribution in [3.63, 3.8) is 0 Å². The van der Waals surface area contributed by atoms with Crippen LogP contribution in [0, 0.1) is 5.92 Å². The molecule has 0 amide bonds. The Hall–Kier alpha value is -0.130. The van der Waals surface area contributed by atoms with Crippen molar-refractivity contribution >= 4 is 10.4 Å². The Labute approximate surface area is 112 Å². The van der Waals surface area contributed by atoms with E-state index in [0.717, 1.165) is 38.5 Å². The molecule has 0 aromatic heterocycles. The summed E-state index contributed by atoms with van der Waals surface area (Å²) in [6, 6.07) is 0. The summed E-state index contributed by atoms with van der Waals surface area (Å²) in [5, 5.41) is 0. The van der Waals surface area contributed by atoms with Crippen molar-refractivity contribution < 1.29 is 17.2 Å². The van der Waals surface area contributed by atoms with Gasteiger partial charge in [-0.25, -0.2) is 4.18 Å². The smallest absolute Gasteiger partial charge is 0.264 e. The van der Waals surface area contributed by atoms with Crippen LogP contribution in [0.15, 0.2) is 0 Å². The van der Waals surface area contributed by atoms with Gasteiger partial charge in [0.15, 0.2) is 0 Å². The van der Waals surface area contributed by atoms with Crippen LogP contribution in [-0.4, -0.2) is 19.6 Å².